The van der Waals surface area contributed by atoms with Gasteiger partial charge in [0.25, 0.3) is 0 Å². The average molecular weight is 238 g/mol. The molecule has 2 heterocycles. The molecule has 0 saturated heterocycles. The third-order valence-electron chi connectivity index (χ3n) is 2.98. The lowest BCUT2D eigenvalue weighted by Crippen LogP contribution is -2.06. The topological polar surface area (TPSA) is 56.7 Å². The molecule has 0 aliphatic heterocycles. The highest BCUT2D eigenvalue weighted by Crippen LogP contribution is 2.23. The molecule has 90 valence electrons. The van der Waals surface area contributed by atoms with Crippen molar-refractivity contribution in [3.8, 4) is 5.69 Å². The number of hydrogen-bond donors (Lipinski definition) is 1. The van der Waals surface area contributed by atoms with E-state index in [2.05, 4.69) is 10.1 Å². The number of hydrogen-bond acceptors (Lipinski definition) is 3. The molecule has 0 atom stereocenters. The van der Waals surface area contributed by atoms with E-state index in [1.807, 2.05) is 54.5 Å². The van der Waals surface area contributed by atoms with Crippen LogP contribution in [0.15, 0.2) is 42.9 Å². The van der Waals surface area contributed by atoms with Crippen molar-refractivity contribution in [2.24, 2.45) is 5.73 Å². The van der Waals surface area contributed by atoms with Crippen molar-refractivity contribution >= 4 is 10.9 Å². The second-order valence-electron chi connectivity index (χ2n) is 4.32. The third-order valence-corrected chi connectivity index (χ3v) is 2.98. The van der Waals surface area contributed by atoms with Crippen molar-refractivity contribution in [3.05, 3.63) is 54.0 Å². The van der Waals surface area contributed by atoms with Gasteiger partial charge in [-0.05, 0) is 18.6 Å². The van der Waals surface area contributed by atoms with Gasteiger partial charge in [0.15, 0.2) is 0 Å². The van der Waals surface area contributed by atoms with Gasteiger partial charge >= 0.3 is 0 Å². The first-order valence-electron chi connectivity index (χ1n) is 5.88. The fraction of sp³-hybridized carbons (Fsp3) is 0.143. The Kier molecular flexibility index (Phi) is 2.57. The molecule has 1 aromatic carbocycles. The lowest BCUT2D eigenvalue weighted by atomic mass is 10.1. The van der Waals surface area contributed by atoms with Crippen LogP contribution in [0.1, 0.15) is 11.1 Å². The standard InChI is InChI=1S/C14H14N4/c1-10-7-17-18(9-10)14-11(6-15)8-16-13-5-3-2-4-12(13)14/h2-5,7-9H,6,15H2,1H3. The molecule has 18 heavy (non-hydrogen) atoms. The van der Waals surface area contributed by atoms with Crippen LogP contribution in [0.2, 0.25) is 0 Å². The molecule has 0 radical (unpaired) electrons. The number of para-hydroxylation sites is 1. The van der Waals surface area contributed by atoms with Gasteiger partial charge in [-0.15, -0.1) is 0 Å². The SMILES string of the molecule is Cc1cnn(-c2c(CN)cnc3ccccc23)c1. The van der Waals surface area contributed by atoms with Crippen molar-refractivity contribution < 1.29 is 0 Å². The molecule has 0 fully saturated rings. The Morgan fingerprint density at radius 2 is 2.06 bits per heavy atom. The maximum absolute atomic E-state index is 5.80. The van der Waals surface area contributed by atoms with Crippen LogP contribution in [-0.4, -0.2) is 14.8 Å². The van der Waals surface area contributed by atoms with Gasteiger partial charge in [-0.2, -0.15) is 5.10 Å². The summed E-state index contributed by atoms with van der Waals surface area (Å²) in [6.07, 6.45) is 5.67. The minimum Gasteiger partial charge on any atom is -0.326 e. The Balaban J connectivity index is 2.37. The fourth-order valence-corrected chi connectivity index (χ4v) is 2.12. The highest BCUT2D eigenvalue weighted by molar-refractivity contribution is 5.88. The molecule has 0 unspecified atom stereocenters. The van der Waals surface area contributed by atoms with Crippen molar-refractivity contribution in [1.82, 2.24) is 14.8 Å². The maximum atomic E-state index is 5.80. The molecule has 0 aliphatic rings. The largest absolute Gasteiger partial charge is 0.326 e. The number of aromatic nitrogens is 3. The quantitative estimate of drug-likeness (QED) is 0.744. The van der Waals surface area contributed by atoms with E-state index in [0.29, 0.717) is 6.54 Å². The van der Waals surface area contributed by atoms with Gasteiger partial charge in [-0.1, -0.05) is 18.2 Å². The molecule has 0 aliphatic carbocycles. The van der Waals surface area contributed by atoms with Crippen LogP contribution < -0.4 is 5.73 Å². The molecule has 0 amide bonds. The number of fused-ring (bicyclic) bond motifs is 1. The summed E-state index contributed by atoms with van der Waals surface area (Å²) in [7, 11) is 0. The van der Waals surface area contributed by atoms with Gasteiger partial charge < -0.3 is 5.73 Å². The second-order valence-corrected chi connectivity index (χ2v) is 4.32. The minimum atomic E-state index is 0.450. The van der Waals surface area contributed by atoms with Crippen molar-refractivity contribution in [2.45, 2.75) is 13.5 Å². The van der Waals surface area contributed by atoms with Crippen LogP contribution in [-0.2, 0) is 6.54 Å². The lowest BCUT2D eigenvalue weighted by molar-refractivity contribution is 0.862. The summed E-state index contributed by atoms with van der Waals surface area (Å²) in [6.45, 7) is 2.47. The Morgan fingerprint density at radius 1 is 1.22 bits per heavy atom. The molecule has 0 saturated carbocycles. The average Bonchev–Trinajstić information content (AvgIpc) is 2.83. The molecular weight excluding hydrogens is 224 g/mol. The normalized spacial score (nSPS) is 11.0. The molecule has 4 nitrogen and oxygen atoms in total. The number of benzene rings is 1. The molecule has 0 spiro atoms. The van der Waals surface area contributed by atoms with Crippen molar-refractivity contribution in [2.75, 3.05) is 0 Å². The number of aryl methyl sites for hydroxylation is 1. The van der Waals surface area contributed by atoms with E-state index in [1.165, 1.54) is 0 Å². The zero-order valence-corrected chi connectivity index (χ0v) is 10.2. The Hall–Kier alpha value is -2.20. The van der Waals surface area contributed by atoms with Crippen LogP contribution in [0.5, 0.6) is 0 Å². The number of nitrogens with zero attached hydrogens (tertiary/aromatic N) is 3. The first kappa shape index (κ1) is 10.9. The van der Waals surface area contributed by atoms with E-state index in [-0.39, 0.29) is 0 Å². The van der Waals surface area contributed by atoms with Gasteiger partial charge in [0.1, 0.15) is 0 Å². The van der Waals surface area contributed by atoms with Crippen molar-refractivity contribution in [3.63, 3.8) is 0 Å². The summed E-state index contributed by atoms with van der Waals surface area (Å²) in [6, 6.07) is 8.03. The summed E-state index contributed by atoms with van der Waals surface area (Å²) < 4.78 is 1.88. The van der Waals surface area contributed by atoms with Gasteiger partial charge in [-0.25, -0.2) is 4.68 Å². The second kappa shape index (κ2) is 4.23. The zero-order valence-electron chi connectivity index (χ0n) is 10.2. The molecule has 3 rings (SSSR count). The fourth-order valence-electron chi connectivity index (χ4n) is 2.12. The van der Waals surface area contributed by atoms with Crippen LogP contribution in [0.4, 0.5) is 0 Å². The first-order valence-corrected chi connectivity index (χ1v) is 5.88. The lowest BCUT2D eigenvalue weighted by Gasteiger charge is -2.11. The summed E-state index contributed by atoms with van der Waals surface area (Å²) in [5.41, 5.74) is 9.91. The predicted octanol–water partition coefficient (Wildman–Crippen LogP) is 2.19. The summed E-state index contributed by atoms with van der Waals surface area (Å²) in [4.78, 5) is 4.42. The van der Waals surface area contributed by atoms with E-state index in [0.717, 1.165) is 27.7 Å². The van der Waals surface area contributed by atoms with E-state index >= 15 is 0 Å². The number of nitrogens with two attached hydrogens (primary N) is 1. The molecule has 2 aromatic heterocycles. The first-order chi connectivity index (χ1) is 8.79. The number of pyridine rings is 1. The Labute approximate surface area is 105 Å². The van der Waals surface area contributed by atoms with E-state index in [9.17, 15) is 0 Å². The monoisotopic (exact) mass is 238 g/mol. The van der Waals surface area contributed by atoms with E-state index in [4.69, 9.17) is 5.73 Å². The summed E-state index contributed by atoms with van der Waals surface area (Å²) >= 11 is 0. The molecule has 4 heteroatoms. The molecule has 2 N–H and O–H groups in total. The van der Waals surface area contributed by atoms with Crippen LogP contribution >= 0.6 is 0 Å². The summed E-state index contributed by atoms with van der Waals surface area (Å²) in [5, 5.41) is 5.45. The minimum absolute atomic E-state index is 0.450. The highest BCUT2D eigenvalue weighted by Gasteiger charge is 2.10. The van der Waals surface area contributed by atoms with E-state index in [1.54, 1.807) is 0 Å². The number of rotatable bonds is 2. The van der Waals surface area contributed by atoms with Crippen LogP contribution in [0, 0.1) is 6.92 Å². The van der Waals surface area contributed by atoms with Gasteiger partial charge in [0.2, 0.25) is 0 Å². The maximum Gasteiger partial charge on any atom is 0.0799 e. The predicted molar refractivity (Wildman–Crippen MR) is 71.5 cm³/mol. The Morgan fingerprint density at radius 3 is 2.78 bits per heavy atom. The third kappa shape index (κ3) is 1.67. The zero-order chi connectivity index (χ0) is 12.5. The van der Waals surface area contributed by atoms with E-state index < -0.39 is 0 Å². The molecular formula is C14H14N4. The van der Waals surface area contributed by atoms with Crippen molar-refractivity contribution in [1.29, 1.82) is 0 Å². The van der Waals surface area contributed by atoms with Gasteiger partial charge in [0, 0.05) is 29.9 Å². The molecule has 3 aromatic rings. The molecule has 0 bridgehead atoms. The Bertz CT molecular complexity index is 700. The van der Waals surface area contributed by atoms with Crippen LogP contribution in [0.3, 0.4) is 0 Å². The smallest absolute Gasteiger partial charge is 0.0799 e. The highest BCUT2D eigenvalue weighted by atomic mass is 15.3. The van der Waals surface area contributed by atoms with Gasteiger partial charge in [0.05, 0.1) is 17.4 Å². The summed E-state index contributed by atoms with van der Waals surface area (Å²) in [5.74, 6) is 0. The van der Waals surface area contributed by atoms with Crippen LogP contribution in [0.25, 0.3) is 16.6 Å². The van der Waals surface area contributed by atoms with Gasteiger partial charge in [-0.3, -0.25) is 4.98 Å².